The molecule has 0 bridgehead atoms. The molecule has 126 valence electrons. The van der Waals surface area contributed by atoms with E-state index < -0.39 is 23.6 Å². The van der Waals surface area contributed by atoms with Crippen LogP contribution in [0.5, 0.6) is 0 Å². The molecule has 0 aromatic heterocycles. The number of anilines is 1. The summed E-state index contributed by atoms with van der Waals surface area (Å²) in [4.78, 5) is 47.2. The number of nitrogens with zero attached hydrogens (tertiary/aromatic N) is 5. The minimum Gasteiger partial charge on any atom is -0.342 e. The molecule has 1 saturated heterocycles. The van der Waals surface area contributed by atoms with Gasteiger partial charge in [-0.25, -0.2) is 4.79 Å². The highest BCUT2D eigenvalue weighted by Gasteiger charge is 2.65. The molecule has 24 heavy (non-hydrogen) atoms. The molecular formula is C15H17N5O4. The van der Waals surface area contributed by atoms with Gasteiger partial charge in [0.05, 0.1) is 0 Å². The predicted molar refractivity (Wildman–Crippen MR) is 84.8 cm³/mol. The van der Waals surface area contributed by atoms with Crippen molar-refractivity contribution in [3.8, 4) is 0 Å². The number of imide groups is 2. The van der Waals surface area contributed by atoms with Gasteiger partial charge in [-0.05, 0) is 17.3 Å². The van der Waals surface area contributed by atoms with Crippen molar-refractivity contribution in [3.05, 3.63) is 30.3 Å². The molecule has 2 heterocycles. The van der Waals surface area contributed by atoms with Crippen molar-refractivity contribution < 1.29 is 19.2 Å². The maximum Gasteiger partial charge on any atom is 0.370 e. The summed E-state index contributed by atoms with van der Waals surface area (Å²) >= 11 is 0. The molecule has 9 nitrogen and oxygen atoms in total. The Balaban J connectivity index is 1.97. The highest BCUT2D eigenvalue weighted by Crippen LogP contribution is 2.32. The average Bonchev–Trinajstić information content (AvgIpc) is 2.95. The molecule has 3 rings (SSSR count). The molecule has 0 aliphatic carbocycles. The number of benzene rings is 1. The Morgan fingerprint density at radius 3 is 2.08 bits per heavy atom. The Morgan fingerprint density at radius 1 is 1.00 bits per heavy atom. The second kappa shape index (κ2) is 5.22. The summed E-state index contributed by atoms with van der Waals surface area (Å²) in [6.45, 7) is 0. The lowest BCUT2D eigenvalue weighted by molar-refractivity contribution is -0.186. The average molecular weight is 331 g/mol. The van der Waals surface area contributed by atoms with Crippen LogP contribution in [0.1, 0.15) is 0 Å². The van der Waals surface area contributed by atoms with Crippen molar-refractivity contribution in [2.45, 2.75) is 5.72 Å². The quantitative estimate of drug-likeness (QED) is 0.679. The van der Waals surface area contributed by atoms with E-state index in [-0.39, 0.29) is 5.96 Å². The molecule has 0 saturated carbocycles. The van der Waals surface area contributed by atoms with Gasteiger partial charge in [0.2, 0.25) is 5.96 Å². The van der Waals surface area contributed by atoms with Crippen LogP contribution in [0.2, 0.25) is 0 Å². The van der Waals surface area contributed by atoms with Gasteiger partial charge in [0.1, 0.15) is 0 Å². The molecule has 0 N–H and O–H groups in total. The van der Waals surface area contributed by atoms with Crippen LogP contribution in [-0.4, -0.2) is 72.4 Å². The van der Waals surface area contributed by atoms with Crippen molar-refractivity contribution in [1.29, 1.82) is 0 Å². The Bertz CT molecular complexity index is 723. The third-order valence-corrected chi connectivity index (χ3v) is 4.24. The van der Waals surface area contributed by atoms with E-state index in [0.717, 1.165) is 15.5 Å². The van der Waals surface area contributed by atoms with Gasteiger partial charge in [0.25, 0.3) is 0 Å². The van der Waals surface area contributed by atoms with Gasteiger partial charge in [0, 0.05) is 33.9 Å². The van der Waals surface area contributed by atoms with Gasteiger partial charge in [-0.2, -0.15) is 0 Å². The summed E-state index contributed by atoms with van der Waals surface area (Å²) in [6, 6.07) is 8.59. The van der Waals surface area contributed by atoms with E-state index in [2.05, 4.69) is 5.16 Å². The van der Waals surface area contributed by atoms with Crippen LogP contribution in [0.15, 0.2) is 35.5 Å². The van der Waals surface area contributed by atoms with Crippen LogP contribution in [-0.2, 0) is 14.4 Å². The zero-order valence-corrected chi connectivity index (χ0v) is 13.8. The molecule has 1 fully saturated rings. The molecule has 0 unspecified atom stereocenters. The molecule has 4 amide bonds. The summed E-state index contributed by atoms with van der Waals surface area (Å²) in [5, 5.41) is 3.93. The first-order valence-corrected chi connectivity index (χ1v) is 7.21. The standard InChI is InChI=1S/C15H17N5O4/c1-17(10-8-6-5-7-9-10)13-16-24-15(20(13)4)11(21)18(2)14(23)19(3)12(15)22/h5-9H,1-4H3. The first-order valence-electron chi connectivity index (χ1n) is 7.21. The SMILES string of the molecule is CN1C(=O)N(C)C(=O)C2(ON=C(N(C)c3ccccc3)N2C)C1=O. The number of carbonyl (C=O) groups excluding carboxylic acids is 3. The minimum atomic E-state index is -2.00. The maximum absolute atomic E-state index is 12.6. The van der Waals surface area contributed by atoms with Crippen molar-refractivity contribution in [1.82, 2.24) is 14.7 Å². The number of para-hydroxylation sites is 1. The zero-order chi connectivity index (χ0) is 17.6. The fourth-order valence-corrected chi connectivity index (χ4v) is 2.73. The molecule has 0 atom stereocenters. The van der Waals surface area contributed by atoms with E-state index in [1.54, 1.807) is 11.9 Å². The number of carbonyl (C=O) groups is 3. The molecule has 1 aromatic rings. The fraction of sp³-hybridized carbons (Fsp3) is 0.333. The van der Waals surface area contributed by atoms with Crippen LogP contribution in [0.4, 0.5) is 10.5 Å². The largest absolute Gasteiger partial charge is 0.370 e. The Morgan fingerprint density at radius 2 is 1.54 bits per heavy atom. The van der Waals surface area contributed by atoms with Crippen molar-refractivity contribution in [2.24, 2.45) is 5.16 Å². The molecule has 9 heteroatoms. The van der Waals surface area contributed by atoms with E-state index in [0.29, 0.717) is 0 Å². The van der Waals surface area contributed by atoms with Gasteiger partial charge in [-0.15, -0.1) is 0 Å². The van der Waals surface area contributed by atoms with E-state index in [1.165, 1.54) is 26.0 Å². The predicted octanol–water partition coefficient (Wildman–Crippen LogP) is 0.102. The van der Waals surface area contributed by atoms with Crippen LogP contribution in [0.25, 0.3) is 0 Å². The second-order valence-electron chi connectivity index (χ2n) is 5.59. The molecule has 2 aliphatic rings. The molecule has 0 radical (unpaired) electrons. The lowest BCUT2D eigenvalue weighted by Crippen LogP contribution is -2.73. The van der Waals surface area contributed by atoms with Crippen LogP contribution >= 0.6 is 0 Å². The third-order valence-electron chi connectivity index (χ3n) is 4.24. The van der Waals surface area contributed by atoms with E-state index in [4.69, 9.17) is 4.84 Å². The van der Waals surface area contributed by atoms with Crippen molar-refractivity contribution >= 4 is 29.5 Å². The Hall–Kier alpha value is -3.10. The number of likely N-dealkylation sites (N-methyl/N-ethyl adjacent to an activating group) is 3. The highest BCUT2D eigenvalue weighted by molar-refractivity contribution is 6.23. The maximum atomic E-state index is 12.6. The lowest BCUT2D eigenvalue weighted by Gasteiger charge is -2.41. The van der Waals surface area contributed by atoms with Crippen molar-refractivity contribution in [3.63, 3.8) is 0 Å². The number of hydrogen-bond donors (Lipinski definition) is 0. The van der Waals surface area contributed by atoms with Crippen LogP contribution < -0.4 is 4.90 Å². The van der Waals surface area contributed by atoms with Gasteiger partial charge >= 0.3 is 23.6 Å². The molecule has 1 spiro atoms. The number of oxime groups is 1. The summed E-state index contributed by atoms with van der Waals surface area (Å²) in [5.41, 5.74) is -1.20. The summed E-state index contributed by atoms with van der Waals surface area (Å²) in [7, 11) is 5.86. The second-order valence-corrected chi connectivity index (χ2v) is 5.59. The first-order chi connectivity index (χ1) is 11.3. The third kappa shape index (κ3) is 1.87. The van der Waals surface area contributed by atoms with E-state index in [9.17, 15) is 14.4 Å². The number of guanidine groups is 1. The molecule has 1 aromatic carbocycles. The number of hydrogen-bond acceptors (Lipinski definition) is 7. The highest BCUT2D eigenvalue weighted by atomic mass is 16.7. The van der Waals surface area contributed by atoms with Gasteiger partial charge in [-0.3, -0.25) is 24.3 Å². The minimum absolute atomic E-state index is 0.277. The smallest absolute Gasteiger partial charge is 0.342 e. The number of rotatable bonds is 1. The zero-order valence-electron chi connectivity index (χ0n) is 13.8. The Labute approximate surface area is 138 Å². The summed E-state index contributed by atoms with van der Waals surface area (Å²) < 4.78 is 0. The monoisotopic (exact) mass is 331 g/mol. The van der Waals surface area contributed by atoms with Crippen LogP contribution in [0.3, 0.4) is 0 Å². The number of urea groups is 1. The van der Waals surface area contributed by atoms with E-state index in [1.807, 2.05) is 30.3 Å². The first kappa shape index (κ1) is 15.8. The normalized spacial score (nSPS) is 19.8. The molecule has 2 aliphatic heterocycles. The van der Waals surface area contributed by atoms with Crippen molar-refractivity contribution in [2.75, 3.05) is 33.1 Å². The van der Waals surface area contributed by atoms with Gasteiger partial charge < -0.3 is 9.74 Å². The summed E-state index contributed by atoms with van der Waals surface area (Å²) in [6.07, 6.45) is 0. The fourth-order valence-electron chi connectivity index (χ4n) is 2.73. The Kier molecular flexibility index (Phi) is 3.43. The number of barbiturate groups is 1. The topological polar surface area (TPSA) is 85.8 Å². The lowest BCUT2D eigenvalue weighted by atomic mass is 10.1. The van der Waals surface area contributed by atoms with Gasteiger partial charge in [0.15, 0.2) is 0 Å². The molecular weight excluding hydrogens is 314 g/mol. The van der Waals surface area contributed by atoms with E-state index >= 15 is 0 Å². The van der Waals surface area contributed by atoms with Crippen LogP contribution in [0, 0.1) is 0 Å². The number of amides is 4. The summed E-state index contributed by atoms with van der Waals surface area (Å²) in [5.74, 6) is -1.28. The van der Waals surface area contributed by atoms with Gasteiger partial charge in [-0.1, -0.05) is 18.2 Å².